The third-order valence-corrected chi connectivity index (χ3v) is 3.52. The lowest BCUT2D eigenvalue weighted by molar-refractivity contribution is 0.496. The van der Waals surface area contributed by atoms with E-state index in [0.29, 0.717) is 12.6 Å². The number of aryl methyl sites for hydroxylation is 2. The van der Waals surface area contributed by atoms with E-state index in [4.69, 9.17) is 0 Å². The van der Waals surface area contributed by atoms with Crippen LogP contribution in [0.4, 0.5) is 18.9 Å². The Morgan fingerprint density at radius 3 is 2.39 bits per heavy atom. The fraction of sp³-hybridized carbons (Fsp3) is 0.250. The minimum absolute atomic E-state index is 0.0562. The second-order valence-electron chi connectivity index (χ2n) is 3.84. The van der Waals surface area contributed by atoms with Gasteiger partial charge >= 0.3 is 0 Å². The molecular formula is C12H11F3N2S. The lowest BCUT2D eigenvalue weighted by Crippen LogP contribution is -2.02. The molecule has 0 radical (unpaired) electrons. The van der Waals surface area contributed by atoms with Crippen molar-refractivity contribution in [1.29, 1.82) is 0 Å². The summed E-state index contributed by atoms with van der Waals surface area (Å²) in [5.74, 6) is -3.08. The zero-order valence-electron chi connectivity index (χ0n) is 9.85. The molecule has 96 valence electrons. The van der Waals surface area contributed by atoms with Gasteiger partial charge in [-0.05, 0) is 13.8 Å². The summed E-state index contributed by atoms with van der Waals surface area (Å²) in [5.41, 5.74) is 0.798. The smallest absolute Gasteiger partial charge is 0.161 e. The number of thiazole rings is 1. The number of aromatic nitrogens is 1. The average molecular weight is 272 g/mol. The predicted molar refractivity (Wildman–Crippen MR) is 65.2 cm³/mol. The monoisotopic (exact) mass is 272 g/mol. The predicted octanol–water partition coefficient (Wildman–Crippen LogP) is 3.79. The summed E-state index contributed by atoms with van der Waals surface area (Å²) < 4.78 is 39.1. The van der Waals surface area contributed by atoms with E-state index in [1.807, 2.05) is 13.8 Å². The Morgan fingerprint density at radius 1 is 1.11 bits per heavy atom. The highest BCUT2D eigenvalue weighted by atomic mass is 32.1. The molecule has 0 aliphatic rings. The van der Waals surface area contributed by atoms with Crippen LogP contribution < -0.4 is 5.32 Å². The van der Waals surface area contributed by atoms with Gasteiger partial charge in [-0.2, -0.15) is 0 Å². The Kier molecular flexibility index (Phi) is 3.56. The van der Waals surface area contributed by atoms with Gasteiger partial charge in [-0.25, -0.2) is 18.2 Å². The van der Waals surface area contributed by atoms with Gasteiger partial charge in [0, 0.05) is 17.0 Å². The molecule has 2 rings (SSSR count). The normalized spacial score (nSPS) is 10.7. The van der Waals surface area contributed by atoms with E-state index in [1.54, 1.807) is 0 Å². The standard InChI is InChI=1S/C12H11F3N2S/c1-6-12(18-7(2)17-6)5-16-11-4-9(14)8(13)3-10(11)15/h3-4,16H,5H2,1-2H3. The fourth-order valence-corrected chi connectivity index (χ4v) is 2.45. The summed E-state index contributed by atoms with van der Waals surface area (Å²) in [5, 5.41) is 3.65. The van der Waals surface area contributed by atoms with Crippen LogP contribution in [0.2, 0.25) is 0 Å². The maximum atomic E-state index is 13.4. The number of nitrogens with one attached hydrogen (secondary N) is 1. The number of halogens is 3. The molecule has 6 heteroatoms. The van der Waals surface area contributed by atoms with Gasteiger partial charge in [0.05, 0.1) is 22.9 Å². The van der Waals surface area contributed by atoms with Crippen molar-refractivity contribution in [3.8, 4) is 0 Å². The summed E-state index contributed by atoms with van der Waals surface area (Å²) >= 11 is 1.48. The molecule has 2 aromatic rings. The lowest BCUT2D eigenvalue weighted by atomic mass is 10.2. The quantitative estimate of drug-likeness (QED) is 0.860. The molecule has 1 aromatic heterocycles. The second kappa shape index (κ2) is 4.97. The van der Waals surface area contributed by atoms with Gasteiger partial charge in [0.2, 0.25) is 0 Å². The molecule has 2 nitrogen and oxygen atoms in total. The molecule has 0 atom stereocenters. The van der Waals surface area contributed by atoms with Crippen molar-refractivity contribution in [2.45, 2.75) is 20.4 Å². The van der Waals surface area contributed by atoms with Gasteiger partial charge < -0.3 is 5.32 Å². The Hall–Kier alpha value is -1.56. The first-order valence-corrected chi connectivity index (χ1v) is 6.10. The molecule has 0 aliphatic carbocycles. The van der Waals surface area contributed by atoms with Crippen molar-refractivity contribution in [2.24, 2.45) is 0 Å². The molecule has 0 fully saturated rings. The summed E-state index contributed by atoms with van der Waals surface area (Å²) in [6.45, 7) is 4.06. The third kappa shape index (κ3) is 2.64. The average Bonchev–Trinajstić information content (AvgIpc) is 2.61. The zero-order valence-corrected chi connectivity index (χ0v) is 10.7. The minimum atomic E-state index is -1.19. The first-order valence-electron chi connectivity index (χ1n) is 5.28. The summed E-state index contributed by atoms with van der Waals surface area (Å²) in [6, 6.07) is 1.34. The van der Waals surface area contributed by atoms with Gasteiger partial charge in [0.25, 0.3) is 0 Å². The van der Waals surface area contributed by atoms with Crippen molar-refractivity contribution in [2.75, 3.05) is 5.32 Å². The molecule has 1 N–H and O–H groups in total. The highest BCUT2D eigenvalue weighted by Crippen LogP contribution is 2.22. The Balaban J connectivity index is 2.15. The molecule has 1 heterocycles. The van der Waals surface area contributed by atoms with E-state index < -0.39 is 17.5 Å². The molecule has 0 bridgehead atoms. The first-order chi connectivity index (χ1) is 8.47. The van der Waals surface area contributed by atoms with E-state index in [0.717, 1.165) is 21.6 Å². The van der Waals surface area contributed by atoms with Gasteiger partial charge in [0.15, 0.2) is 11.6 Å². The maximum Gasteiger partial charge on any atom is 0.161 e. The number of nitrogens with zero attached hydrogens (tertiary/aromatic N) is 1. The summed E-state index contributed by atoms with van der Waals surface area (Å²) in [4.78, 5) is 5.17. The van der Waals surface area contributed by atoms with Gasteiger partial charge in [0.1, 0.15) is 5.82 Å². The number of rotatable bonds is 3. The van der Waals surface area contributed by atoms with Crippen LogP contribution in [0, 0.1) is 31.3 Å². The Bertz CT molecular complexity index is 581. The van der Waals surface area contributed by atoms with Gasteiger partial charge in [-0.1, -0.05) is 0 Å². The van der Waals surface area contributed by atoms with E-state index >= 15 is 0 Å². The van der Waals surface area contributed by atoms with Crippen LogP contribution in [0.5, 0.6) is 0 Å². The molecule has 18 heavy (non-hydrogen) atoms. The van der Waals surface area contributed by atoms with E-state index in [-0.39, 0.29) is 5.69 Å². The summed E-state index contributed by atoms with van der Waals surface area (Å²) in [6.07, 6.45) is 0. The summed E-state index contributed by atoms with van der Waals surface area (Å²) in [7, 11) is 0. The SMILES string of the molecule is Cc1nc(C)c(CNc2cc(F)c(F)cc2F)s1. The van der Waals surface area contributed by atoms with Crippen molar-refractivity contribution in [1.82, 2.24) is 4.98 Å². The van der Waals surface area contributed by atoms with Crippen molar-refractivity contribution in [3.05, 3.63) is 45.2 Å². The second-order valence-corrected chi connectivity index (χ2v) is 5.13. The van der Waals surface area contributed by atoms with E-state index in [2.05, 4.69) is 10.3 Å². The number of benzene rings is 1. The van der Waals surface area contributed by atoms with Crippen molar-refractivity contribution >= 4 is 17.0 Å². The third-order valence-electron chi connectivity index (χ3n) is 2.45. The number of hydrogen-bond donors (Lipinski definition) is 1. The fourth-order valence-electron chi connectivity index (χ4n) is 1.57. The minimum Gasteiger partial charge on any atom is -0.378 e. The number of hydrogen-bond acceptors (Lipinski definition) is 3. The zero-order chi connectivity index (χ0) is 13.3. The molecule has 0 amide bonds. The van der Waals surface area contributed by atoms with Crippen LogP contribution >= 0.6 is 11.3 Å². The van der Waals surface area contributed by atoms with Crippen LogP contribution in [0.15, 0.2) is 12.1 Å². The molecule has 0 aliphatic heterocycles. The Morgan fingerprint density at radius 2 is 1.78 bits per heavy atom. The molecule has 0 saturated heterocycles. The Labute approximate surface area is 106 Å². The van der Waals surface area contributed by atoms with Crippen LogP contribution in [0.3, 0.4) is 0 Å². The first kappa shape index (κ1) is 12.9. The van der Waals surface area contributed by atoms with Crippen LogP contribution in [0.1, 0.15) is 15.6 Å². The van der Waals surface area contributed by atoms with Crippen LogP contribution in [-0.2, 0) is 6.54 Å². The lowest BCUT2D eigenvalue weighted by Gasteiger charge is -2.07. The largest absolute Gasteiger partial charge is 0.378 e. The van der Waals surface area contributed by atoms with Crippen molar-refractivity contribution in [3.63, 3.8) is 0 Å². The molecular weight excluding hydrogens is 261 g/mol. The molecule has 0 saturated carbocycles. The van der Waals surface area contributed by atoms with Gasteiger partial charge in [-0.15, -0.1) is 11.3 Å². The molecule has 0 spiro atoms. The molecule has 0 unspecified atom stereocenters. The van der Waals surface area contributed by atoms with Crippen LogP contribution in [-0.4, -0.2) is 4.98 Å². The highest BCUT2D eigenvalue weighted by Gasteiger charge is 2.11. The maximum absolute atomic E-state index is 13.4. The van der Waals surface area contributed by atoms with Crippen LogP contribution in [0.25, 0.3) is 0 Å². The molecule has 1 aromatic carbocycles. The number of anilines is 1. The highest BCUT2D eigenvalue weighted by molar-refractivity contribution is 7.11. The van der Waals surface area contributed by atoms with E-state index in [1.165, 1.54) is 11.3 Å². The topological polar surface area (TPSA) is 24.9 Å². The van der Waals surface area contributed by atoms with Gasteiger partial charge in [-0.3, -0.25) is 0 Å². The van der Waals surface area contributed by atoms with E-state index in [9.17, 15) is 13.2 Å². The van der Waals surface area contributed by atoms with Crippen molar-refractivity contribution < 1.29 is 13.2 Å².